The number of non-ortho nitro benzene ring substituents is 1. The van der Waals surface area contributed by atoms with Crippen LogP contribution in [0.1, 0.15) is 34.5 Å². The predicted molar refractivity (Wildman–Crippen MR) is 121 cm³/mol. The zero-order valence-electron chi connectivity index (χ0n) is 17.5. The normalized spacial score (nSPS) is 17.2. The van der Waals surface area contributed by atoms with Gasteiger partial charge in [0.2, 0.25) is 0 Å². The van der Waals surface area contributed by atoms with E-state index in [1.807, 2.05) is 0 Å². The molecule has 8 heteroatoms. The van der Waals surface area contributed by atoms with Crippen LogP contribution in [0.25, 0.3) is 5.76 Å². The molecule has 1 atom stereocenters. The zero-order chi connectivity index (χ0) is 23.7. The zero-order valence-corrected chi connectivity index (χ0v) is 17.5. The summed E-state index contributed by atoms with van der Waals surface area (Å²) in [5.74, 6) is -2.28. The Bertz CT molecular complexity index is 1290. The number of rotatable bonds is 5. The maximum absolute atomic E-state index is 13.1. The number of ketones is 2. The highest BCUT2D eigenvalue weighted by atomic mass is 16.6. The molecule has 4 rings (SSSR count). The molecule has 1 unspecified atom stereocenters. The number of hydrogen-bond donors (Lipinski definition) is 1. The fourth-order valence-electron chi connectivity index (χ4n) is 3.80. The van der Waals surface area contributed by atoms with Crippen LogP contribution >= 0.6 is 0 Å². The summed E-state index contributed by atoms with van der Waals surface area (Å²) in [6.45, 7) is 1.43. The van der Waals surface area contributed by atoms with E-state index in [2.05, 4.69) is 0 Å². The van der Waals surface area contributed by atoms with Crippen LogP contribution in [0.2, 0.25) is 0 Å². The maximum atomic E-state index is 13.1. The first-order valence-corrected chi connectivity index (χ1v) is 10.0. The Balaban J connectivity index is 1.88. The van der Waals surface area contributed by atoms with Gasteiger partial charge in [-0.15, -0.1) is 0 Å². The molecule has 1 heterocycles. The van der Waals surface area contributed by atoms with Gasteiger partial charge in [-0.1, -0.05) is 30.3 Å². The number of carbonyl (C=O) groups excluding carboxylic acids is 3. The first kappa shape index (κ1) is 21.6. The highest BCUT2D eigenvalue weighted by Crippen LogP contribution is 2.42. The van der Waals surface area contributed by atoms with Gasteiger partial charge in [0.25, 0.3) is 17.4 Å². The Kier molecular flexibility index (Phi) is 5.58. The summed E-state index contributed by atoms with van der Waals surface area (Å²) in [6, 6.07) is 19.2. The minimum Gasteiger partial charge on any atom is -0.507 e. The molecule has 0 aliphatic carbocycles. The molecule has 164 valence electrons. The number of aliphatic hydroxyl groups is 1. The van der Waals surface area contributed by atoms with E-state index in [-0.39, 0.29) is 22.6 Å². The van der Waals surface area contributed by atoms with Crippen molar-refractivity contribution < 1.29 is 24.4 Å². The first-order valence-electron chi connectivity index (χ1n) is 10.0. The SMILES string of the molecule is CC(=O)c1ccc(N2C(=O)C(=O)/C(=C(\O)c3ccc([N+](=O)[O-])cc3)C2c2ccccc2)cc1. The second-order valence-electron chi connectivity index (χ2n) is 7.49. The van der Waals surface area contributed by atoms with E-state index in [1.54, 1.807) is 54.6 Å². The van der Waals surface area contributed by atoms with Crippen molar-refractivity contribution in [3.8, 4) is 0 Å². The van der Waals surface area contributed by atoms with Gasteiger partial charge in [-0.3, -0.25) is 29.4 Å². The van der Waals surface area contributed by atoms with Crippen molar-refractivity contribution >= 4 is 34.6 Å². The maximum Gasteiger partial charge on any atom is 0.300 e. The number of Topliss-reactive ketones (excluding diaryl/α,β-unsaturated/α-hetero) is 2. The van der Waals surface area contributed by atoms with E-state index in [1.165, 1.54) is 36.1 Å². The molecule has 0 bridgehead atoms. The van der Waals surface area contributed by atoms with Crippen LogP contribution < -0.4 is 4.90 Å². The van der Waals surface area contributed by atoms with Gasteiger partial charge in [-0.05, 0) is 48.9 Å². The van der Waals surface area contributed by atoms with Crippen LogP contribution in [0.5, 0.6) is 0 Å². The Morgan fingerprint density at radius 2 is 1.48 bits per heavy atom. The van der Waals surface area contributed by atoms with Crippen molar-refractivity contribution in [2.24, 2.45) is 0 Å². The Morgan fingerprint density at radius 3 is 2.03 bits per heavy atom. The molecule has 1 aliphatic heterocycles. The van der Waals surface area contributed by atoms with E-state index in [9.17, 15) is 29.6 Å². The summed E-state index contributed by atoms with van der Waals surface area (Å²) < 4.78 is 0. The van der Waals surface area contributed by atoms with E-state index >= 15 is 0 Å². The van der Waals surface area contributed by atoms with Gasteiger partial charge in [-0.25, -0.2) is 0 Å². The third-order valence-corrected chi connectivity index (χ3v) is 5.46. The third kappa shape index (κ3) is 3.89. The smallest absolute Gasteiger partial charge is 0.300 e. The molecule has 1 aliphatic rings. The van der Waals surface area contributed by atoms with Crippen LogP contribution in [0.3, 0.4) is 0 Å². The molecular formula is C25H18N2O6. The van der Waals surface area contributed by atoms with E-state index in [0.29, 0.717) is 16.8 Å². The van der Waals surface area contributed by atoms with Gasteiger partial charge >= 0.3 is 0 Å². The number of hydrogen-bond acceptors (Lipinski definition) is 6. The fourth-order valence-corrected chi connectivity index (χ4v) is 3.80. The summed E-state index contributed by atoms with van der Waals surface area (Å²) in [4.78, 5) is 49.4. The number of nitrogens with zero attached hydrogens (tertiary/aromatic N) is 2. The lowest BCUT2D eigenvalue weighted by Crippen LogP contribution is -2.29. The molecular weight excluding hydrogens is 424 g/mol. The van der Waals surface area contributed by atoms with Crippen molar-refractivity contribution in [2.75, 3.05) is 4.90 Å². The number of carbonyl (C=O) groups is 3. The van der Waals surface area contributed by atoms with E-state index in [0.717, 1.165) is 0 Å². The van der Waals surface area contributed by atoms with Crippen molar-refractivity contribution in [1.29, 1.82) is 0 Å². The van der Waals surface area contributed by atoms with Crippen LogP contribution in [0.4, 0.5) is 11.4 Å². The largest absolute Gasteiger partial charge is 0.507 e. The molecule has 1 saturated heterocycles. The molecule has 0 spiro atoms. The second kappa shape index (κ2) is 8.51. The van der Waals surface area contributed by atoms with Crippen molar-refractivity contribution in [3.63, 3.8) is 0 Å². The van der Waals surface area contributed by atoms with E-state index in [4.69, 9.17) is 0 Å². The molecule has 0 aromatic heterocycles. The highest BCUT2D eigenvalue weighted by Gasteiger charge is 2.46. The quantitative estimate of drug-likeness (QED) is 0.156. The van der Waals surface area contributed by atoms with Gasteiger partial charge < -0.3 is 5.11 Å². The molecule has 0 radical (unpaired) electrons. The summed E-state index contributed by atoms with van der Waals surface area (Å²) in [5.41, 5.74) is 1.31. The standard InChI is InChI=1S/C25H18N2O6/c1-15(28)16-7-11-19(12-8-16)26-22(17-5-3-2-4-6-17)21(24(30)25(26)31)23(29)18-9-13-20(14-10-18)27(32)33/h2-14,22,29H,1H3/b23-21-. The average molecular weight is 442 g/mol. The highest BCUT2D eigenvalue weighted by molar-refractivity contribution is 6.51. The molecule has 33 heavy (non-hydrogen) atoms. The Labute approximate surface area is 188 Å². The van der Waals surface area contributed by atoms with Gasteiger partial charge in [-0.2, -0.15) is 0 Å². The first-order chi connectivity index (χ1) is 15.8. The number of aliphatic hydroxyl groups excluding tert-OH is 1. The summed E-state index contributed by atoms with van der Waals surface area (Å²) in [6.07, 6.45) is 0. The summed E-state index contributed by atoms with van der Waals surface area (Å²) in [5, 5.41) is 22.0. The van der Waals surface area contributed by atoms with Gasteiger partial charge in [0.1, 0.15) is 5.76 Å². The Morgan fingerprint density at radius 1 is 0.909 bits per heavy atom. The second-order valence-corrected chi connectivity index (χ2v) is 7.49. The summed E-state index contributed by atoms with van der Waals surface area (Å²) in [7, 11) is 0. The molecule has 1 fully saturated rings. The van der Waals surface area contributed by atoms with Crippen LogP contribution in [0, 0.1) is 10.1 Å². The topological polar surface area (TPSA) is 118 Å². The minimum atomic E-state index is -0.926. The molecule has 0 saturated carbocycles. The summed E-state index contributed by atoms with van der Waals surface area (Å²) >= 11 is 0. The average Bonchev–Trinajstić information content (AvgIpc) is 3.09. The fraction of sp³-hybridized carbons (Fsp3) is 0.0800. The van der Waals surface area contributed by atoms with Gasteiger partial charge in [0.05, 0.1) is 16.5 Å². The number of anilines is 1. The number of nitro groups is 1. The minimum absolute atomic E-state index is 0.129. The van der Waals surface area contributed by atoms with Gasteiger partial charge in [0.15, 0.2) is 5.78 Å². The molecule has 3 aromatic carbocycles. The van der Waals surface area contributed by atoms with Crippen molar-refractivity contribution in [3.05, 3.63) is 111 Å². The van der Waals surface area contributed by atoms with Crippen molar-refractivity contribution in [2.45, 2.75) is 13.0 Å². The molecule has 8 nitrogen and oxygen atoms in total. The predicted octanol–water partition coefficient (Wildman–Crippen LogP) is 4.42. The lowest BCUT2D eigenvalue weighted by molar-refractivity contribution is -0.384. The number of benzene rings is 3. The third-order valence-electron chi connectivity index (χ3n) is 5.46. The molecule has 1 amide bonds. The Hall–Kier alpha value is -4.59. The molecule has 3 aromatic rings. The van der Waals surface area contributed by atoms with Crippen LogP contribution in [-0.4, -0.2) is 27.5 Å². The van der Waals surface area contributed by atoms with Gasteiger partial charge in [0, 0.05) is 28.9 Å². The van der Waals surface area contributed by atoms with Crippen LogP contribution in [-0.2, 0) is 9.59 Å². The molecule has 1 N–H and O–H groups in total. The van der Waals surface area contributed by atoms with E-state index < -0.39 is 28.4 Å². The van der Waals surface area contributed by atoms with Crippen molar-refractivity contribution in [1.82, 2.24) is 0 Å². The lowest BCUT2D eigenvalue weighted by Gasteiger charge is -2.25. The lowest BCUT2D eigenvalue weighted by atomic mass is 9.95. The number of amides is 1. The number of nitro benzene ring substituents is 1. The monoisotopic (exact) mass is 442 g/mol. The van der Waals surface area contributed by atoms with Crippen LogP contribution in [0.15, 0.2) is 84.4 Å².